The van der Waals surface area contributed by atoms with E-state index < -0.39 is 41.1 Å². The zero-order valence-electron chi connectivity index (χ0n) is 8.77. The Kier molecular flexibility index (Phi) is 4.28. The number of pyridine rings is 1. The summed E-state index contributed by atoms with van der Waals surface area (Å²) in [6, 6.07) is 0.300. The molecular weight excluding hydrogens is 304 g/mol. The van der Waals surface area contributed by atoms with Gasteiger partial charge in [-0.1, -0.05) is 0 Å². The van der Waals surface area contributed by atoms with Crippen LogP contribution in [0.4, 0.5) is 26.3 Å². The molecule has 0 bridgehead atoms. The monoisotopic (exact) mass is 307 g/mol. The molecule has 0 spiro atoms. The molecule has 0 amide bonds. The molecule has 0 unspecified atom stereocenters. The maximum absolute atomic E-state index is 12.4. The van der Waals surface area contributed by atoms with E-state index >= 15 is 0 Å². The van der Waals surface area contributed by atoms with Gasteiger partial charge >= 0.3 is 12.5 Å². The van der Waals surface area contributed by atoms with Gasteiger partial charge in [0.15, 0.2) is 6.29 Å². The van der Waals surface area contributed by atoms with E-state index in [0.717, 1.165) is 0 Å². The van der Waals surface area contributed by atoms with Crippen LogP contribution in [0.1, 0.15) is 21.6 Å². The molecule has 0 saturated carbocycles. The van der Waals surface area contributed by atoms with E-state index in [0.29, 0.717) is 6.07 Å². The van der Waals surface area contributed by atoms with Crippen molar-refractivity contribution in [2.75, 3.05) is 0 Å². The van der Waals surface area contributed by atoms with Gasteiger partial charge in [0, 0.05) is 11.1 Å². The number of halogens is 7. The molecular formula is C9H4ClF6NO2. The first kappa shape index (κ1) is 15.5. The highest BCUT2D eigenvalue weighted by atomic mass is 35.5. The van der Waals surface area contributed by atoms with Crippen LogP contribution in [0.3, 0.4) is 0 Å². The lowest BCUT2D eigenvalue weighted by Crippen LogP contribution is -2.21. The molecule has 0 aliphatic rings. The number of hydrogen-bond donors (Lipinski definition) is 0. The van der Waals surface area contributed by atoms with Crippen molar-refractivity contribution in [2.45, 2.75) is 18.4 Å². The van der Waals surface area contributed by atoms with E-state index in [1.807, 2.05) is 0 Å². The minimum atomic E-state index is -5.25. The lowest BCUT2D eigenvalue weighted by molar-refractivity contribution is -0.276. The fraction of sp³-hybridized carbons (Fsp3) is 0.333. The van der Waals surface area contributed by atoms with Crippen LogP contribution >= 0.6 is 11.6 Å². The number of nitrogens with zero attached hydrogens (tertiary/aromatic N) is 1. The highest BCUT2D eigenvalue weighted by Crippen LogP contribution is 2.34. The first-order chi connectivity index (χ1) is 8.58. The fourth-order valence-corrected chi connectivity index (χ4v) is 1.41. The molecule has 1 aromatic rings. The van der Waals surface area contributed by atoms with Crippen molar-refractivity contribution >= 4 is 17.9 Å². The van der Waals surface area contributed by atoms with Crippen LogP contribution in [0.5, 0.6) is 5.88 Å². The molecule has 0 atom stereocenters. The molecule has 0 radical (unpaired) electrons. The van der Waals surface area contributed by atoms with Crippen molar-refractivity contribution in [1.29, 1.82) is 0 Å². The molecule has 1 heterocycles. The Morgan fingerprint density at radius 3 is 2.21 bits per heavy atom. The third kappa shape index (κ3) is 3.98. The second-order valence-corrected chi connectivity index (χ2v) is 3.44. The summed E-state index contributed by atoms with van der Waals surface area (Å²) in [5, 5.41) is 0. The Balaban J connectivity index is 3.44. The van der Waals surface area contributed by atoms with Gasteiger partial charge in [-0.2, -0.15) is 13.2 Å². The van der Waals surface area contributed by atoms with E-state index in [2.05, 4.69) is 9.72 Å². The summed E-state index contributed by atoms with van der Waals surface area (Å²) in [5.41, 5.74) is -2.92. The molecule has 0 saturated heterocycles. The van der Waals surface area contributed by atoms with Crippen molar-refractivity contribution in [3.8, 4) is 5.88 Å². The van der Waals surface area contributed by atoms with Gasteiger partial charge in [-0.15, -0.1) is 24.8 Å². The van der Waals surface area contributed by atoms with E-state index in [-0.39, 0.29) is 6.29 Å². The molecule has 0 fully saturated rings. The second-order valence-electron chi connectivity index (χ2n) is 3.18. The summed E-state index contributed by atoms with van der Waals surface area (Å²) in [5.74, 6) is -2.05. The van der Waals surface area contributed by atoms with Gasteiger partial charge < -0.3 is 4.74 Å². The molecule has 0 aliphatic carbocycles. The summed E-state index contributed by atoms with van der Waals surface area (Å²) >= 11 is 5.28. The molecule has 1 aromatic heterocycles. The quantitative estimate of drug-likeness (QED) is 0.487. The van der Waals surface area contributed by atoms with E-state index in [4.69, 9.17) is 11.6 Å². The van der Waals surface area contributed by atoms with Gasteiger partial charge in [0.1, 0.15) is 5.69 Å². The minimum Gasteiger partial charge on any atom is -0.387 e. The van der Waals surface area contributed by atoms with Crippen molar-refractivity contribution < 1.29 is 35.9 Å². The topological polar surface area (TPSA) is 39.2 Å². The molecule has 0 aliphatic heterocycles. The Bertz CT molecular complexity index is 485. The molecule has 3 nitrogen and oxygen atoms in total. The number of alkyl halides is 7. The average Bonchev–Trinajstić information content (AvgIpc) is 2.24. The number of rotatable bonds is 3. The summed E-state index contributed by atoms with van der Waals surface area (Å²) in [6.07, 6.45) is -10.3. The molecule has 0 N–H and O–H groups in total. The highest BCUT2D eigenvalue weighted by molar-refractivity contribution is 6.17. The van der Waals surface area contributed by atoms with Gasteiger partial charge in [0.05, 0.1) is 5.88 Å². The van der Waals surface area contributed by atoms with Crippen LogP contribution < -0.4 is 4.74 Å². The number of aromatic nitrogens is 1. The number of aldehydes is 1. The van der Waals surface area contributed by atoms with Crippen LogP contribution in [-0.4, -0.2) is 17.6 Å². The molecule has 106 valence electrons. The lowest BCUT2D eigenvalue weighted by Gasteiger charge is -2.15. The van der Waals surface area contributed by atoms with Crippen molar-refractivity contribution in [3.63, 3.8) is 0 Å². The minimum absolute atomic E-state index is 0.0577. The Morgan fingerprint density at radius 1 is 1.26 bits per heavy atom. The number of hydrogen-bond acceptors (Lipinski definition) is 3. The number of ether oxygens (including phenoxy) is 1. The highest BCUT2D eigenvalue weighted by Gasteiger charge is 2.38. The zero-order valence-corrected chi connectivity index (χ0v) is 9.53. The predicted octanol–water partition coefficient (Wildman–Crippen LogP) is 3.55. The summed E-state index contributed by atoms with van der Waals surface area (Å²) in [6.45, 7) is 0. The van der Waals surface area contributed by atoms with Crippen LogP contribution in [0.25, 0.3) is 0 Å². The Hall–Kier alpha value is -1.51. The standard InChI is InChI=1S/C9H4ClF6NO2/c10-2-5-4(3-18)1-6(8(11,12)13)17-7(5)19-9(14,15)16/h1,3H,2H2. The van der Waals surface area contributed by atoms with E-state index in [9.17, 15) is 31.1 Å². The maximum Gasteiger partial charge on any atom is 0.574 e. The molecule has 10 heteroatoms. The fourth-order valence-electron chi connectivity index (χ4n) is 1.15. The molecule has 1 rings (SSSR count). The summed E-state index contributed by atoms with van der Waals surface area (Å²) in [7, 11) is 0. The first-order valence-electron chi connectivity index (χ1n) is 4.46. The Labute approximate surface area is 107 Å². The van der Waals surface area contributed by atoms with Gasteiger partial charge in [-0.25, -0.2) is 4.98 Å². The summed E-state index contributed by atoms with van der Waals surface area (Å²) < 4.78 is 76.7. The van der Waals surface area contributed by atoms with Gasteiger partial charge in [-0.3, -0.25) is 4.79 Å². The largest absolute Gasteiger partial charge is 0.574 e. The lowest BCUT2D eigenvalue weighted by atomic mass is 10.1. The predicted molar refractivity (Wildman–Crippen MR) is 50.9 cm³/mol. The first-order valence-corrected chi connectivity index (χ1v) is 5.00. The normalized spacial score (nSPS) is 12.4. The van der Waals surface area contributed by atoms with Gasteiger partial charge in [0.25, 0.3) is 0 Å². The third-order valence-electron chi connectivity index (χ3n) is 1.88. The SMILES string of the molecule is O=Cc1cc(C(F)(F)F)nc(OC(F)(F)F)c1CCl. The van der Waals surface area contributed by atoms with E-state index in [1.165, 1.54) is 0 Å². The number of carbonyl (C=O) groups excluding carboxylic acids is 1. The van der Waals surface area contributed by atoms with Gasteiger partial charge in [-0.05, 0) is 6.07 Å². The van der Waals surface area contributed by atoms with Gasteiger partial charge in [0.2, 0.25) is 5.88 Å². The zero-order chi connectivity index (χ0) is 14.8. The van der Waals surface area contributed by atoms with Crippen LogP contribution in [0, 0.1) is 0 Å². The van der Waals surface area contributed by atoms with Crippen LogP contribution in [0.2, 0.25) is 0 Å². The van der Waals surface area contributed by atoms with E-state index in [1.54, 1.807) is 0 Å². The van der Waals surface area contributed by atoms with Crippen LogP contribution in [0.15, 0.2) is 6.07 Å². The maximum atomic E-state index is 12.4. The molecule has 0 aromatic carbocycles. The smallest absolute Gasteiger partial charge is 0.387 e. The average molecular weight is 308 g/mol. The summed E-state index contributed by atoms with van der Waals surface area (Å²) in [4.78, 5) is 13.3. The Morgan fingerprint density at radius 2 is 1.84 bits per heavy atom. The number of carbonyl (C=O) groups is 1. The van der Waals surface area contributed by atoms with Crippen LogP contribution in [-0.2, 0) is 12.1 Å². The molecule has 19 heavy (non-hydrogen) atoms. The van der Waals surface area contributed by atoms with Crippen molar-refractivity contribution in [2.24, 2.45) is 0 Å². The van der Waals surface area contributed by atoms with Crippen molar-refractivity contribution in [3.05, 3.63) is 22.9 Å². The third-order valence-corrected chi connectivity index (χ3v) is 2.15. The second kappa shape index (κ2) is 5.24. The van der Waals surface area contributed by atoms with Crippen molar-refractivity contribution in [1.82, 2.24) is 4.98 Å².